The molecule has 3 aromatic rings. The number of amides is 1. The lowest BCUT2D eigenvalue weighted by molar-refractivity contribution is -0.115. The highest BCUT2D eigenvalue weighted by Gasteiger charge is 2.18. The predicted octanol–water partition coefficient (Wildman–Crippen LogP) is 4.22. The Hall–Kier alpha value is -3.47. The number of hydrogen-bond acceptors (Lipinski definition) is 4. The standard InChI is InChI=1S/C21H17N3O2/c1-26-17-5-6-18-20(12-17)24-21(25)13-19(23-18)16-4-2-3-15(11-16)14-7-9-22-10-8-14/h2-12H,13H2,1H3,(H,24,25). The van der Waals surface area contributed by atoms with E-state index < -0.39 is 0 Å². The van der Waals surface area contributed by atoms with E-state index in [1.54, 1.807) is 25.6 Å². The van der Waals surface area contributed by atoms with Crippen molar-refractivity contribution >= 4 is 23.0 Å². The van der Waals surface area contributed by atoms with Crippen LogP contribution in [0.5, 0.6) is 5.75 Å². The minimum absolute atomic E-state index is 0.0925. The van der Waals surface area contributed by atoms with Gasteiger partial charge in [-0.1, -0.05) is 18.2 Å². The van der Waals surface area contributed by atoms with Gasteiger partial charge in [-0.15, -0.1) is 0 Å². The molecule has 0 bridgehead atoms. The van der Waals surface area contributed by atoms with Gasteiger partial charge >= 0.3 is 0 Å². The van der Waals surface area contributed by atoms with E-state index in [2.05, 4.69) is 16.4 Å². The second kappa shape index (κ2) is 6.80. The summed E-state index contributed by atoms with van der Waals surface area (Å²) in [4.78, 5) is 21.1. The molecule has 0 fully saturated rings. The smallest absolute Gasteiger partial charge is 0.230 e. The summed E-state index contributed by atoms with van der Waals surface area (Å²) in [5.41, 5.74) is 5.19. The number of carbonyl (C=O) groups is 1. The fourth-order valence-corrected chi connectivity index (χ4v) is 2.96. The lowest BCUT2D eigenvalue weighted by Gasteiger charge is -2.07. The number of methoxy groups -OCH3 is 1. The molecular weight excluding hydrogens is 326 g/mol. The molecule has 1 amide bonds. The maximum atomic E-state index is 12.3. The van der Waals surface area contributed by atoms with Gasteiger partial charge in [0, 0.05) is 18.5 Å². The van der Waals surface area contributed by atoms with Crippen LogP contribution in [0.2, 0.25) is 0 Å². The molecule has 128 valence electrons. The zero-order chi connectivity index (χ0) is 17.9. The fourth-order valence-electron chi connectivity index (χ4n) is 2.96. The van der Waals surface area contributed by atoms with Gasteiger partial charge in [-0.25, -0.2) is 0 Å². The maximum absolute atomic E-state index is 12.3. The number of fused-ring (bicyclic) bond motifs is 1. The minimum atomic E-state index is -0.0925. The van der Waals surface area contributed by atoms with E-state index in [0.29, 0.717) is 11.4 Å². The van der Waals surface area contributed by atoms with Gasteiger partial charge in [0.15, 0.2) is 0 Å². The van der Waals surface area contributed by atoms with Crippen LogP contribution >= 0.6 is 0 Å². The Kier molecular flexibility index (Phi) is 4.19. The third-order valence-electron chi connectivity index (χ3n) is 4.27. The summed E-state index contributed by atoms with van der Waals surface area (Å²) in [6.45, 7) is 0. The molecule has 1 aliphatic rings. The molecule has 26 heavy (non-hydrogen) atoms. The number of nitrogens with one attached hydrogen (secondary N) is 1. The Morgan fingerprint density at radius 2 is 1.77 bits per heavy atom. The minimum Gasteiger partial charge on any atom is -0.497 e. The molecule has 1 N–H and O–H groups in total. The zero-order valence-corrected chi connectivity index (χ0v) is 14.3. The first kappa shape index (κ1) is 16.0. The van der Waals surface area contributed by atoms with Crippen LogP contribution in [0, 0.1) is 0 Å². The highest BCUT2D eigenvalue weighted by atomic mass is 16.5. The van der Waals surface area contributed by atoms with Gasteiger partial charge < -0.3 is 10.1 Å². The summed E-state index contributed by atoms with van der Waals surface area (Å²) in [5.74, 6) is 0.590. The average Bonchev–Trinajstić information content (AvgIpc) is 2.86. The Balaban J connectivity index is 1.77. The topological polar surface area (TPSA) is 63.6 Å². The van der Waals surface area contributed by atoms with E-state index in [1.807, 2.05) is 42.5 Å². The highest BCUT2D eigenvalue weighted by molar-refractivity contribution is 6.17. The summed E-state index contributed by atoms with van der Waals surface area (Å²) < 4.78 is 5.23. The van der Waals surface area contributed by atoms with Crippen molar-refractivity contribution in [1.82, 2.24) is 4.98 Å². The maximum Gasteiger partial charge on any atom is 0.230 e. The monoisotopic (exact) mass is 343 g/mol. The van der Waals surface area contributed by atoms with Crippen LogP contribution in [0.3, 0.4) is 0 Å². The van der Waals surface area contributed by atoms with Crippen molar-refractivity contribution < 1.29 is 9.53 Å². The van der Waals surface area contributed by atoms with E-state index in [0.717, 1.165) is 28.1 Å². The number of rotatable bonds is 3. The third kappa shape index (κ3) is 3.19. The van der Waals surface area contributed by atoms with E-state index >= 15 is 0 Å². The van der Waals surface area contributed by atoms with Crippen molar-refractivity contribution in [3.8, 4) is 16.9 Å². The lowest BCUT2D eigenvalue weighted by atomic mass is 10.0. The Morgan fingerprint density at radius 3 is 2.58 bits per heavy atom. The molecule has 0 unspecified atom stereocenters. The first-order chi connectivity index (χ1) is 12.7. The van der Waals surface area contributed by atoms with Gasteiger partial charge in [-0.3, -0.25) is 14.8 Å². The highest BCUT2D eigenvalue weighted by Crippen LogP contribution is 2.33. The van der Waals surface area contributed by atoms with Crippen LogP contribution in [-0.4, -0.2) is 23.7 Å². The molecule has 1 aromatic heterocycles. The number of aliphatic imine (C=N–C) groups is 1. The number of pyridine rings is 1. The summed E-state index contributed by atoms with van der Waals surface area (Å²) in [6.07, 6.45) is 3.75. The van der Waals surface area contributed by atoms with E-state index in [1.165, 1.54) is 0 Å². The molecule has 0 saturated carbocycles. The second-order valence-electron chi connectivity index (χ2n) is 5.98. The number of ether oxygens (including phenoxy) is 1. The predicted molar refractivity (Wildman–Crippen MR) is 102 cm³/mol. The first-order valence-corrected chi connectivity index (χ1v) is 8.29. The van der Waals surface area contributed by atoms with E-state index in [4.69, 9.17) is 9.73 Å². The number of hydrogen-bond donors (Lipinski definition) is 1. The molecule has 5 heteroatoms. The van der Waals surface area contributed by atoms with Crippen molar-refractivity contribution in [2.45, 2.75) is 6.42 Å². The molecule has 4 rings (SSSR count). The van der Waals surface area contributed by atoms with Crippen LogP contribution in [-0.2, 0) is 4.79 Å². The van der Waals surface area contributed by atoms with Crippen molar-refractivity contribution in [2.75, 3.05) is 12.4 Å². The summed E-state index contributed by atoms with van der Waals surface area (Å²) in [6, 6.07) is 17.4. The van der Waals surface area contributed by atoms with Gasteiger partial charge in [0.2, 0.25) is 5.91 Å². The number of anilines is 1. The molecule has 0 spiro atoms. The molecule has 0 radical (unpaired) electrons. The molecule has 1 aliphatic heterocycles. The van der Waals surface area contributed by atoms with Gasteiger partial charge in [-0.2, -0.15) is 0 Å². The average molecular weight is 343 g/mol. The van der Waals surface area contributed by atoms with Crippen molar-refractivity contribution in [2.24, 2.45) is 4.99 Å². The second-order valence-corrected chi connectivity index (χ2v) is 5.98. The molecule has 0 aliphatic carbocycles. The number of aromatic nitrogens is 1. The van der Waals surface area contributed by atoms with Crippen molar-refractivity contribution in [3.63, 3.8) is 0 Å². The summed E-state index contributed by atoms with van der Waals surface area (Å²) in [7, 11) is 1.60. The molecule has 0 atom stereocenters. The van der Waals surface area contributed by atoms with Gasteiger partial charge in [0.25, 0.3) is 0 Å². The largest absolute Gasteiger partial charge is 0.497 e. The quantitative estimate of drug-likeness (QED) is 0.774. The van der Waals surface area contributed by atoms with Crippen molar-refractivity contribution in [3.05, 3.63) is 72.6 Å². The van der Waals surface area contributed by atoms with E-state index in [9.17, 15) is 4.79 Å². The van der Waals surface area contributed by atoms with Gasteiger partial charge in [-0.05, 0) is 47.0 Å². The SMILES string of the molecule is COc1ccc2c(c1)NC(=O)CC(c1cccc(-c3ccncc3)c1)=N2. The van der Waals surface area contributed by atoms with E-state index in [-0.39, 0.29) is 12.3 Å². The van der Waals surface area contributed by atoms with Gasteiger partial charge in [0.1, 0.15) is 5.75 Å². The molecular formula is C21H17N3O2. The van der Waals surface area contributed by atoms with Crippen molar-refractivity contribution in [1.29, 1.82) is 0 Å². The Bertz CT molecular complexity index is 997. The summed E-state index contributed by atoms with van der Waals surface area (Å²) in [5, 5.41) is 2.90. The number of nitrogens with zero attached hydrogens (tertiary/aromatic N) is 2. The number of carbonyl (C=O) groups excluding carboxylic acids is 1. The lowest BCUT2D eigenvalue weighted by Crippen LogP contribution is -2.15. The summed E-state index contributed by atoms with van der Waals surface area (Å²) >= 11 is 0. The van der Waals surface area contributed by atoms with Crippen LogP contribution in [0.1, 0.15) is 12.0 Å². The van der Waals surface area contributed by atoms with Crippen LogP contribution in [0.15, 0.2) is 72.0 Å². The number of benzene rings is 2. The Labute approximate surface area is 151 Å². The first-order valence-electron chi connectivity index (χ1n) is 8.29. The molecule has 2 heterocycles. The van der Waals surface area contributed by atoms with Crippen LogP contribution in [0.25, 0.3) is 11.1 Å². The van der Waals surface area contributed by atoms with Crippen LogP contribution in [0.4, 0.5) is 11.4 Å². The van der Waals surface area contributed by atoms with Crippen LogP contribution < -0.4 is 10.1 Å². The molecule has 2 aromatic carbocycles. The molecule has 5 nitrogen and oxygen atoms in total. The fraction of sp³-hybridized carbons (Fsp3) is 0.0952. The molecule has 0 saturated heterocycles. The van der Waals surface area contributed by atoms with Gasteiger partial charge in [0.05, 0.1) is 30.6 Å². The zero-order valence-electron chi connectivity index (χ0n) is 14.3. The third-order valence-corrected chi connectivity index (χ3v) is 4.27. The normalized spacial score (nSPS) is 13.3. The Morgan fingerprint density at radius 1 is 0.962 bits per heavy atom.